The number of para-hydroxylation sites is 1. The van der Waals surface area contributed by atoms with Crippen LogP contribution in [0, 0.1) is 6.92 Å². The Morgan fingerprint density at radius 1 is 0.921 bits per heavy atom. The Bertz CT molecular complexity index is 1430. The highest BCUT2D eigenvalue weighted by Crippen LogP contribution is 2.36. The summed E-state index contributed by atoms with van der Waals surface area (Å²) in [6, 6.07) is 23.4. The molecule has 6 rings (SSSR count). The molecule has 0 N–H and O–H groups in total. The maximum atomic E-state index is 13.7. The first-order chi connectivity index (χ1) is 18.6. The number of rotatable bonds is 7. The van der Waals surface area contributed by atoms with Crippen molar-refractivity contribution in [3.8, 4) is 11.5 Å². The molecule has 1 amide bonds. The van der Waals surface area contributed by atoms with Gasteiger partial charge in [-0.2, -0.15) is 0 Å². The third-order valence-corrected chi connectivity index (χ3v) is 7.96. The molecular formula is C32H35N3O3. The zero-order valence-electron chi connectivity index (χ0n) is 22.2. The Labute approximate surface area is 224 Å². The maximum absolute atomic E-state index is 13.7. The zero-order chi connectivity index (χ0) is 26.1. The van der Waals surface area contributed by atoms with E-state index in [1.807, 2.05) is 6.07 Å². The van der Waals surface area contributed by atoms with Crippen LogP contribution in [0.25, 0.3) is 10.9 Å². The van der Waals surface area contributed by atoms with Gasteiger partial charge in [-0.05, 0) is 48.7 Å². The number of fused-ring (bicyclic) bond motifs is 2. The molecule has 3 aromatic carbocycles. The van der Waals surface area contributed by atoms with Crippen molar-refractivity contribution >= 4 is 16.8 Å². The van der Waals surface area contributed by atoms with Crippen LogP contribution in [0.1, 0.15) is 41.5 Å². The van der Waals surface area contributed by atoms with Crippen molar-refractivity contribution in [2.24, 2.45) is 0 Å². The average Bonchev–Trinajstić information content (AvgIpc) is 3.57. The van der Waals surface area contributed by atoms with Crippen LogP contribution in [0.5, 0.6) is 11.5 Å². The van der Waals surface area contributed by atoms with E-state index in [1.165, 1.54) is 33.2 Å². The van der Waals surface area contributed by atoms with Crippen LogP contribution < -0.4 is 9.47 Å². The van der Waals surface area contributed by atoms with Crippen LogP contribution >= 0.6 is 0 Å². The van der Waals surface area contributed by atoms with Crippen LogP contribution in [-0.2, 0) is 17.9 Å². The SMILES string of the molecule is CCn1cc([C@H](CC(=O)N2CCN(Cc3ccc4c(c3)OCO4)CC2)c2ccc(C)cc2)c2ccccc21. The predicted molar refractivity (Wildman–Crippen MR) is 150 cm³/mol. The van der Waals surface area contributed by atoms with Gasteiger partial charge in [-0.25, -0.2) is 0 Å². The van der Waals surface area contributed by atoms with Gasteiger partial charge in [0.05, 0.1) is 0 Å². The van der Waals surface area contributed by atoms with Gasteiger partial charge in [-0.1, -0.05) is 54.1 Å². The molecule has 4 aromatic rings. The van der Waals surface area contributed by atoms with Gasteiger partial charge < -0.3 is 18.9 Å². The molecule has 1 atom stereocenters. The molecule has 0 bridgehead atoms. The first-order valence-corrected chi connectivity index (χ1v) is 13.6. The van der Waals surface area contributed by atoms with E-state index in [4.69, 9.17) is 9.47 Å². The summed E-state index contributed by atoms with van der Waals surface area (Å²) in [5.41, 5.74) is 6.10. The Balaban J connectivity index is 1.17. The van der Waals surface area contributed by atoms with E-state index >= 15 is 0 Å². The number of hydrogen-bond acceptors (Lipinski definition) is 4. The highest BCUT2D eigenvalue weighted by Gasteiger charge is 2.27. The molecule has 38 heavy (non-hydrogen) atoms. The van der Waals surface area contributed by atoms with Crippen molar-refractivity contribution < 1.29 is 14.3 Å². The smallest absolute Gasteiger partial charge is 0.231 e. The Kier molecular flexibility index (Phi) is 6.81. The second-order valence-electron chi connectivity index (χ2n) is 10.4. The second kappa shape index (κ2) is 10.5. The number of amides is 1. The lowest BCUT2D eigenvalue weighted by atomic mass is 9.87. The molecule has 3 heterocycles. The van der Waals surface area contributed by atoms with Crippen LogP contribution in [0.4, 0.5) is 0 Å². The number of aryl methyl sites for hydroxylation is 2. The number of piperazine rings is 1. The lowest BCUT2D eigenvalue weighted by molar-refractivity contribution is -0.133. The second-order valence-corrected chi connectivity index (χ2v) is 10.4. The van der Waals surface area contributed by atoms with Crippen molar-refractivity contribution in [2.75, 3.05) is 33.0 Å². The van der Waals surface area contributed by atoms with E-state index in [1.54, 1.807) is 0 Å². The van der Waals surface area contributed by atoms with Crippen molar-refractivity contribution in [1.29, 1.82) is 0 Å². The fourth-order valence-electron chi connectivity index (χ4n) is 5.78. The molecule has 1 saturated heterocycles. The van der Waals surface area contributed by atoms with Crippen molar-refractivity contribution in [2.45, 2.75) is 39.3 Å². The van der Waals surface area contributed by atoms with Crippen molar-refractivity contribution in [3.63, 3.8) is 0 Å². The normalized spacial score (nSPS) is 16.2. The number of hydrogen-bond donors (Lipinski definition) is 0. The minimum atomic E-state index is 0.0208. The molecule has 2 aliphatic rings. The molecule has 0 unspecified atom stereocenters. The van der Waals surface area contributed by atoms with Gasteiger partial charge in [-0.15, -0.1) is 0 Å². The molecular weight excluding hydrogens is 474 g/mol. The molecule has 2 aliphatic heterocycles. The lowest BCUT2D eigenvalue weighted by Crippen LogP contribution is -2.48. The Morgan fingerprint density at radius 3 is 2.47 bits per heavy atom. The standard InChI is InChI=1S/C32H35N3O3/c1-3-34-21-28(26-6-4-5-7-29(26)34)27(25-11-8-23(2)9-12-25)19-32(36)35-16-14-33(15-17-35)20-24-10-13-30-31(18-24)38-22-37-30/h4-13,18,21,27H,3,14-17,19-20,22H2,1-2H3/t27-/m1/s1. The van der Waals surface area contributed by atoms with Crippen LogP contribution in [-0.4, -0.2) is 53.2 Å². The number of ether oxygens (including phenoxy) is 2. The third kappa shape index (κ3) is 4.88. The van der Waals surface area contributed by atoms with Gasteiger partial charge >= 0.3 is 0 Å². The monoisotopic (exact) mass is 509 g/mol. The van der Waals surface area contributed by atoms with Gasteiger partial charge in [0.2, 0.25) is 12.7 Å². The highest BCUT2D eigenvalue weighted by molar-refractivity contribution is 5.86. The summed E-state index contributed by atoms with van der Waals surface area (Å²) >= 11 is 0. The van der Waals surface area contributed by atoms with Crippen molar-refractivity contribution in [3.05, 3.63) is 95.2 Å². The minimum Gasteiger partial charge on any atom is -0.454 e. The summed E-state index contributed by atoms with van der Waals surface area (Å²) < 4.78 is 13.3. The highest BCUT2D eigenvalue weighted by atomic mass is 16.7. The summed E-state index contributed by atoms with van der Waals surface area (Å²) in [5.74, 6) is 1.89. The van der Waals surface area contributed by atoms with E-state index < -0.39 is 0 Å². The number of carbonyl (C=O) groups excluding carboxylic acids is 1. The molecule has 0 spiro atoms. The fraction of sp³-hybridized carbons (Fsp3) is 0.344. The molecule has 6 nitrogen and oxygen atoms in total. The third-order valence-electron chi connectivity index (χ3n) is 7.96. The molecule has 0 aliphatic carbocycles. The fourth-order valence-corrected chi connectivity index (χ4v) is 5.78. The van der Waals surface area contributed by atoms with Gasteiger partial charge in [0, 0.05) is 68.7 Å². The Hall–Kier alpha value is -3.77. The molecule has 0 saturated carbocycles. The van der Waals surface area contributed by atoms with Gasteiger partial charge in [-0.3, -0.25) is 9.69 Å². The van der Waals surface area contributed by atoms with Crippen LogP contribution in [0.15, 0.2) is 72.9 Å². The molecule has 196 valence electrons. The van der Waals surface area contributed by atoms with Gasteiger partial charge in [0.15, 0.2) is 11.5 Å². The van der Waals surface area contributed by atoms with Crippen molar-refractivity contribution in [1.82, 2.24) is 14.4 Å². The topological polar surface area (TPSA) is 46.9 Å². The van der Waals surface area contributed by atoms with Gasteiger partial charge in [0.25, 0.3) is 0 Å². The molecule has 1 aromatic heterocycles. The Morgan fingerprint density at radius 2 is 1.68 bits per heavy atom. The first-order valence-electron chi connectivity index (χ1n) is 13.6. The summed E-state index contributed by atoms with van der Waals surface area (Å²) in [6.07, 6.45) is 2.73. The summed E-state index contributed by atoms with van der Waals surface area (Å²) in [4.78, 5) is 18.2. The first kappa shape index (κ1) is 24.6. The average molecular weight is 510 g/mol. The molecule has 6 heteroatoms. The van der Waals surface area contributed by atoms with Gasteiger partial charge in [0.1, 0.15) is 0 Å². The molecule has 0 radical (unpaired) electrons. The zero-order valence-corrected chi connectivity index (χ0v) is 22.2. The van der Waals surface area contributed by atoms with E-state index in [9.17, 15) is 4.79 Å². The largest absolute Gasteiger partial charge is 0.454 e. The quantitative estimate of drug-likeness (QED) is 0.327. The minimum absolute atomic E-state index is 0.0208. The predicted octanol–water partition coefficient (Wildman–Crippen LogP) is 5.56. The van der Waals surface area contributed by atoms with Crippen LogP contribution in [0.2, 0.25) is 0 Å². The van der Waals surface area contributed by atoms with Crippen LogP contribution in [0.3, 0.4) is 0 Å². The molecule has 1 fully saturated rings. The maximum Gasteiger partial charge on any atom is 0.231 e. The van der Waals surface area contributed by atoms with E-state index in [2.05, 4.69) is 95.1 Å². The van der Waals surface area contributed by atoms with E-state index in [-0.39, 0.29) is 11.8 Å². The number of aromatic nitrogens is 1. The number of nitrogens with zero attached hydrogens (tertiary/aromatic N) is 3. The summed E-state index contributed by atoms with van der Waals surface area (Å²) in [7, 11) is 0. The van der Waals surface area contributed by atoms with E-state index in [0.29, 0.717) is 13.2 Å². The number of benzene rings is 3. The number of carbonyl (C=O) groups is 1. The summed E-state index contributed by atoms with van der Waals surface area (Å²) in [5, 5.41) is 1.24. The summed E-state index contributed by atoms with van der Waals surface area (Å²) in [6.45, 7) is 9.56. The van der Waals surface area contributed by atoms with E-state index in [0.717, 1.165) is 50.8 Å². The lowest BCUT2D eigenvalue weighted by Gasteiger charge is -2.35.